The van der Waals surface area contributed by atoms with Gasteiger partial charge in [0.1, 0.15) is 5.76 Å². The summed E-state index contributed by atoms with van der Waals surface area (Å²) in [7, 11) is 5.43. The molecule has 0 heterocycles. The van der Waals surface area contributed by atoms with Gasteiger partial charge in [-0.3, -0.25) is 4.79 Å². The Balaban J connectivity index is 4.41. The molecule has 0 spiro atoms. The fourth-order valence-electron chi connectivity index (χ4n) is 1.02. The summed E-state index contributed by atoms with van der Waals surface area (Å²) < 4.78 is 5.01. The van der Waals surface area contributed by atoms with Crippen molar-refractivity contribution in [2.24, 2.45) is 0 Å². The first-order chi connectivity index (χ1) is 6.52. The molecule has 3 heteroatoms. The Hall–Kier alpha value is -1.09. The second-order valence-electron chi connectivity index (χ2n) is 3.35. The van der Waals surface area contributed by atoms with Crippen molar-refractivity contribution >= 4 is 5.78 Å². The van der Waals surface area contributed by atoms with Crippen LogP contribution in [0, 0.1) is 0 Å². The molecule has 0 atom stereocenters. The van der Waals surface area contributed by atoms with Crippen molar-refractivity contribution in [2.45, 2.75) is 13.3 Å². The zero-order chi connectivity index (χ0) is 11.1. The maximum Gasteiger partial charge on any atom is 0.167 e. The van der Waals surface area contributed by atoms with E-state index in [0.717, 1.165) is 6.54 Å². The predicted molar refractivity (Wildman–Crippen MR) is 58.1 cm³/mol. The van der Waals surface area contributed by atoms with Crippen molar-refractivity contribution in [3.63, 3.8) is 0 Å². The van der Waals surface area contributed by atoms with Crippen molar-refractivity contribution in [3.8, 4) is 0 Å². The third-order valence-electron chi connectivity index (χ3n) is 1.98. The molecule has 14 heavy (non-hydrogen) atoms. The van der Waals surface area contributed by atoms with Crippen LogP contribution in [0.25, 0.3) is 0 Å². The second-order valence-corrected chi connectivity index (χ2v) is 3.35. The van der Waals surface area contributed by atoms with E-state index in [1.807, 2.05) is 19.0 Å². The Bertz CT molecular complexity index is 242. The van der Waals surface area contributed by atoms with Crippen LogP contribution < -0.4 is 0 Å². The van der Waals surface area contributed by atoms with Gasteiger partial charge >= 0.3 is 0 Å². The third kappa shape index (κ3) is 4.23. The molecule has 3 nitrogen and oxygen atoms in total. The van der Waals surface area contributed by atoms with Gasteiger partial charge in [0.15, 0.2) is 5.78 Å². The molecule has 0 aliphatic carbocycles. The van der Waals surface area contributed by atoms with Crippen LogP contribution in [0.1, 0.15) is 13.3 Å². The van der Waals surface area contributed by atoms with Crippen molar-refractivity contribution in [3.05, 3.63) is 24.0 Å². The monoisotopic (exact) mass is 197 g/mol. The number of carbonyl (C=O) groups is 1. The SMILES string of the molecule is C=C/C(C(=O)CCN(C)C)=C(\C)OC. The van der Waals surface area contributed by atoms with Crippen LogP contribution in [-0.4, -0.2) is 38.4 Å². The lowest BCUT2D eigenvalue weighted by Crippen LogP contribution is -2.17. The molecule has 0 aliphatic heterocycles. The number of carbonyl (C=O) groups excluding carboxylic acids is 1. The summed E-state index contributed by atoms with van der Waals surface area (Å²) in [5.74, 6) is 0.705. The molecule has 80 valence electrons. The molecule has 0 aromatic rings. The maximum atomic E-state index is 11.6. The number of hydrogen-bond donors (Lipinski definition) is 0. The van der Waals surface area contributed by atoms with E-state index in [1.54, 1.807) is 20.1 Å². The molecule has 0 aromatic carbocycles. The largest absolute Gasteiger partial charge is 0.501 e. The van der Waals surface area contributed by atoms with Gasteiger partial charge in [-0.15, -0.1) is 0 Å². The number of allylic oxidation sites excluding steroid dienone is 3. The summed E-state index contributed by atoms with van der Waals surface area (Å²) in [4.78, 5) is 13.6. The Morgan fingerprint density at radius 3 is 2.43 bits per heavy atom. The quantitative estimate of drug-likeness (QED) is 0.368. The van der Waals surface area contributed by atoms with E-state index >= 15 is 0 Å². The Kier molecular flexibility index (Phi) is 5.88. The molecule has 0 unspecified atom stereocenters. The van der Waals surface area contributed by atoms with Crippen molar-refractivity contribution in [2.75, 3.05) is 27.7 Å². The fourth-order valence-corrected chi connectivity index (χ4v) is 1.02. The van der Waals surface area contributed by atoms with Crippen LogP contribution in [0.3, 0.4) is 0 Å². The van der Waals surface area contributed by atoms with Gasteiger partial charge in [0.25, 0.3) is 0 Å². The van der Waals surface area contributed by atoms with Crippen LogP contribution >= 0.6 is 0 Å². The Morgan fingerprint density at radius 1 is 1.50 bits per heavy atom. The minimum Gasteiger partial charge on any atom is -0.501 e. The van der Waals surface area contributed by atoms with Crippen LogP contribution in [-0.2, 0) is 9.53 Å². The number of ether oxygens (including phenoxy) is 1. The summed E-state index contributed by atoms with van der Waals surface area (Å²) in [6, 6.07) is 0. The Morgan fingerprint density at radius 2 is 2.07 bits per heavy atom. The van der Waals surface area contributed by atoms with Crippen molar-refractivity contribution < 1.29 is 9.53 Å². The first kappa shape index (κ1) is 12.9. The standard InChI is InChI=1S/C11H19NO2/c1-6-10(9(2)14-5)11(13)7-8-12(3)4/h6H,1,7-8H2,2-5H3/b10-9-. The lowest BCUT2D eigenvalue weighted by molar-refractivity contribution is -0.115. The predicted octanol–water partition coefficient (Wildman–Crippen LogP) is 1.61. The van der Waals surface area contributed by atoms with E-state index in [1.165, 1.54) is 0 Å². The van der Waals surface area contributed by atoms with E-state index in [2.05, 4.69) is 6.58 Å². The summed E-state index contributed by atoms with van der Waals surface area (Å²) in [6.07, 6.45) is 2.05. The average Bonchev–Trinajstić information content (AvgIpc) is 2.15. The lowest BCUT2D eigenvalue weighted by atomic mass is 10.1. The molecule has 0 saturated heterocycles. The lowest BCUT2D eigenvalue weighted by Gasteiger charge is -2.10. The summed E-state index contributed by atoms with van der Waals surface area (Å²) in [5.41, 5.74) is 0.578. The van der Waals surface area contributed by atoms with Crippen molar-refractivity contribution in [1.29, 1.82) is 0 Å². The van der Waals surface area contributed by atoms with Crippen LogP contribution in [0.15, 0.2) is 24.0 Å². The first-order valence-corrected chi connectivity index (χ1v) is 4.58. The molecule has 0 aliphatic rings. The number of ketones is 1. The molecular formula is C11H19NO2. The van der Waals surface area contributed by atoms with Crippen LogP contribution in [0.4, 0.5) is 0 Å². The Labute approximate surface area is 86.0 Å². The minimum absolute atomic E-state index is 0.0769. The van der Waals surface area contributed by atoms with Gasteiger partial charge < -0.3 is 9.64 Å². The zero-order valence-electron chi connectivity index (χ0n) is 9.46. The molecule has 0 aromatic heterocycles. The highest BCUT2D eigenvalue weighted by molar-refractivity contribution is 5.98. The van der Waals surface area contributed by atoms with E-state index in [0.29, 0.717) is 17.8 Å². The van der Waals surface area contributed by atoms with Gasteiger partial charge in [-0.2, -0.15) is 0 Å². The average molecular weight is 197 g/mol. The highest BCUT2D eigenvalue weighted by Crippen LogP contribution is 2.09. The zero-order valence-corrected chi connectivity index (χ0v) is 9.46. The second kappa shape index (κ2) is 6.38. The normalized spacial score (nSPS) is 12.4. The van der Waals surface area contributed by atoms with E-state index < -0.39 is 0 Å². The molecule has 0 rings (SSSR count). The van der Waals surface area contributed by atoms with Gasteiger partial charge in [-0.25, -0.2) is 0 Å². The molecule has 0 fully saturated rings. The van der Waals surface area contributed by atoms with Gasteiger partial charge in [0, 0.05) is 13.0 Å². The van der Waals surface area contributed by atoms with Gasteiger partial charge in [0.2, 0.25) is 0 Å². The van der Waals surface area contributed by atoms with Crippen LogP contribution in [0.5, 0.6) is 0 Å². The summed E-state index contributed by atoms with van der Waals surface area (Å²) in [6.45, 7) is 6.12. The molecule has 0 amide bonds. The smallest absolute Gasteiger partial charge is 0.167 e. The molecule has 0 N–H and O–H groups in total. The maximum absolute atomic E-state index is 11.6. The van der Waals surface area contributed by atoms with E-state index in [9.17, 15) is 4.79 Å². The molecular weight excluding hydrogens is 178 g/mol. The number of hydrogen-bond acceptors (Lipinski definition) is 3. The molecule has 0 saturated carbocycles. The fraction of sp³-hybridized carbons (Fsp3) is 0.545. The summed E-state index contributed by atoms with van der Waals surface area (Å²) in [5, 5.41) is 0. The highest BCUT2D eigenvalue weighted by atomic mass is 16.5. The van der Waals surface area contributed by atoms with E-state index in [-0.39, 0.29) is 5.78 Å². The number of methoxy groups -OCH3 is 1. The summed E-state index contributed by atoms with van der Waals surface area (Å²) >= 11 is 0. The van der Waals surface area contributed by atoms with Crippen molar-refractivity contribution in [1.82, 2.24) is 4.90 Å². The third-order valence-corrected chi connectivity index (χ3v) is 1.98. The number of Topliss-reactive ketones (excluding diaryl/α,β-unsaturated/α-hetero) is 1. The number of rotatable bonds is 6. The minimum atomic E-state index is 0.0769. The topological polar surface area (TPSA) is 29.5 Å². The molecule has 0 bridgehead atoms. The molecule has 0 radical (unpaired) electrons. The van der Waals surface area contributed by atoms with Gasteiger partial charge in [-0.1, -0.05) is 12.7 Å². The number of nitrogens with zero attached hydrogens (tertiary/aromatic N) is 1. The van der Waals surface area contributed by atoms with Gasteiger partial charge in [0.05, 0.1) is 12.7 Å². The first-order valence-electron chi connectivity index (χ1n) is 4.58. The van der Waals surface area contributed by atoms with Gasteiger partial charge in [-0.05, 0) is 21.0 Å². The highest BCUT2D eigenvalue weighted by Gasteiger charge is 2.10. The van der Waals surface area contributed by atoms with E-state index in [4.69, 9.17) is 4.74 Å². The van der Waals surface area contributed by atoms with Crippen LogP contribution in [0.2, 0.25) is 0 Å².